The zero-order valence-electron chi connectivity index (χ0n) is 5.51. The van der Waals surface area contributed by atoms with Crippen LogP contribution in [0.3, 0.4) is 0 Å². The summed E-state index contributed by atoms with van der Waals surface area (Å²) in [4.78, 5) is 13.0. The van der Waals surface area contributed by atoms with E-state index in [4.69, 9.17) is 5.11 Å². The molecule has 0 aliphatic heterocycles. The van der Waals surface area contributed by atoms with Gasteiger partial charge in [0.15, 0.2) is 0 Å². The summed E-state index contributed by atoms with van der Waals surface area (Å²) in [5.74, 6) is 0.0104. The molecule has 56 valence electrons. The quantitative estimate of drug-likeness (QED) is 0.516. The average Bonchev–Trinajstić information content (AvgIpc) is 1.59. The third kappa shape index (κ3) is 1.91. The van der Waals surface area contributed by atoms with E-state index in [1.165, 1.54) is 6.07 Å². The molecule has 0 aromatic carbocycles. The lowest BCUT2D eigenvalue weighted by molar-refractivity contribution is 0.473. The average molecular weight is 143 g/mol. The van der Waals surface area contributed by atoms with E-state index in [1.54, 1.807) is 6.92 Å². The lowest BCUT2D eigenvalue weighted by Crippen LogP contribution is -2.03. The van der Waals surface area contributed by atoms with Crippen LogP contribution < -0.4 is 5.56 Å². The normalized spacial score (nSPS) is 8.50. The van der Waals surface area contributed by atoms with Gasteiger partial charge in [0.25, 0.3) is 5.56 Å². The molecule has 0 bridgehead atoms. The Bertz CT molecular complexity index is 243. The maximum Gasteiger partial charge on any atom is 0.251 e. The molecule has 0 saturated carbocycles. The van der Waals surface area contributed by atoms with E-state index in [-0.39, 0.29) is 16.8 Å². The molecule has 1 aromatic rings. The van der Waals surface area contributed by atoms with E-state index in [2.05, 4.69) is 4.98 Å². The van der Waals surface area contributed by atoms with Crippen molar-refractivity contribution in [3.05, 3.63) is 28.2 Å². The number of nitrogens with one attached hydrogen (secondary N) is 1. The molecular formula is C6H9NO3. The van der Waals surface area contributed by atoms with Crippen LogP contribution in [0.5, 0.6) is 5.75 Å². The summed E-state index contributed by atoms with van der Waals surface area (Å²) in [5, 5.41) is 8.77. The maximum absolute atomic E-state index is 10.5. The first-order valence-corrected chi connectivity index (χ1v) is 2.58. The van der Waals surface area contributed by atoms with E-state index < -0.39 is 0 Å². The Labute approximate surface area is 57.5 Å². The van der Waals surface area contributed by atoms with Crippen LogP contribution in [0.1, 0.15) is 5.69 Å². The number of hydrogen-bond acceptors (Lipinski definition) is 2. The number of rotatable bonds is 0. The summed E-state index contributed by atoms with van der Waals surface area (Å²) in [7, 11) is 0. The molecule has 0 unspecified atom stereocenters. The number of hydrogen-bond donors (Lipinski definition) is 2. The molecule has 1 rings (SSSR count). The van der Waals surface area contributed by atoms with Crippen LogP contribution in [-0.2, 0) is 0 Å². The van der Waals surface area contributed by atoms with Gasteiger partial charge in [0.05, 0.1) is 0 Å². The van der Waals surface area contributed by atoms with Gasteiger partial charge in [-0.1, -0.05) is 0 Å². The van der Waals surface area contributed by atoms with Gasteiger partial charge in [-0.25, -0.2) is 0 Å². The van der Waals surface area contributed by atoms with E-state index >= 15 is 0 Å². The first-order valence-electron chi connectivity index (χ1n) is 2.58. The molecule has 1 heterocycles. The van der Waals surface area contributed by atoms with Crippen LogP contribution in [0.25, 0.3) is 0 Å². The minimum absolute atomic E-state index is 0. The van der Waals surface area contributed by atoms with Crippen molar-refractivity contribution < 1.29 is 10.6 Å². The molecule has 10 heavy (non-hydrogen) atoms. The van der Waals surface area contributed by atoms with Gasteiger partial charge < -0.3 is 15.6 Å². The molecule has 0 spiro atoms. The maximum atomic E-state index is 10.5. The van der Waals surface area contributed by atoms with Gasteiger partial charge in [-0.2, -0.15) is 0 Å². The number of aromatic nitrogens is 1. The van der Waals surface area contributed by atoms with E-state index in [1.807, 2.05) is 0 Å². The number of pyridine rings is 1. The molecule has 0 amide bonds. The van der Waals surface area contributed by atoms with Gasteiger partial charge in [-0.15, -0.1) is 0 Å². The Morgan fingerprint density at radius 2 is 2.10 bits per heavy atom. The molecule has 4 N–H and O–H groups in total. The molecule has 0 radical (unpaired) electrons. The van der Waals surface area contributed by atoms with Crippen LogP contribution >= 0.6 is 0 Å². The van der Waals surface area contributed by atoms with Crippen molar-refractivity contribution in [2.45, 2.75) is 6.92 Å². The van der Waals surface area contributed by atoms with Crippen LogP contribution in [0, 0.1) is 6.92 Å². The van der Waals surface area contributed by atoms with Crippen LogP contribution in [0.15, 0.2) is 16.9 Å². The van der Waals surface area contributed by atoms with Crippen molar-refractivity contribution >= 4 is 0 Å². The third-order valence-corrected chi connectivity index (χ3v) is 0.964. The molecule has 0 saturated heterocycles. The van der Waals surface area contributed by atoms with Gasteiger partial charge in [-0.05, 0) is 13.0 Å². The number of aromatic amines is 1. The second-order valence-electron chi connectivity index (χ2n) is 1.89. The first-order chi connectivity index (χ1) is 4.18. The highest BCUT2D eigenvalue weighted by molar-refractivity contribution is 5.19. The Kier molecular flexibility index (Phi) is 2.64. The van der Waals surface area contributed by atoms with Crippen molar-refractivity contribution in [1.82, 2.24) is 4.98 Å². The standard InChI is InChI=1S/C6H7NO2.H2O/c1-4-2-5(8)3-6(9)7-4;/h2-3H,1H3,(H2,7,8,9);1H2. The highest BCUT2D eigenvalue weighted by atomic mass is 16.3. The van der Waals surface area contributed by atoms with Crippen LogP contribution in [0.4, 0.5) is 0 Å². The van der Waals surface area contributed by atoms with Crippen molar-refractivity contribution in [2.75, 3.05) is 0 Å². The minimum atomic E-state index is -0.271. The monoisotopic (exact) mass is 143 g/mol. The number of H-pyrrole nitrogens is 1. The van der Waals surface area contributed by atoms with Gasteiger partial charge in [0.2, 0.25) is 0 Å². The third-order valence-electron chi connectivity index (χ3n) is 0.964. The fourth-order valence-corrected chi connectivity index (χ4v) is 0.664. The second kappa shape index (κ2) is 3.03. The summed E-state index contributed by atoms with van der Waals surface area (Å²) in [6, 6.07) is 2.62. The SMILES string of the molecule is Cc1cc(O)cc(=O)[nH]1.O. The zero-order valence-corrected chi connectivity index (χ0v) is 5.51. The van der Waals surface area contributed by atoms with Crippen LogP contribution in [0.2, 0.25) is 0 Å². The van der Waals surface area contributed by atoms with Gasteiger partial charge in [-0.3, -0.25) is 4.79 Å². The topological polar surface area (TPSA) is 84.6 Å². The van der Waals surface area contributed by atoms with Gasteiger partial charge >= 0.3 is 0 Å². The fourth-order valence-electron chi connectivity index (χ4n) is 0.664. The van der Waals surface area contributed by atoms with Crippen molar-refractivity contribution in [3.63, 3.8) is 0 Å². The largest absolute Gasteiger partial charge is 0.508 e. The Balaban J connectivity index is 0.000000810. The van der Waals surface area contributed by atoms with Crippen molar-refractivity contribution in [3.8, 4) is 5.75 Å². The zero-order chi connectivity index (χ0) is 6.85. The molecule has 1 aromatic heterocycles. The lowest BCUT2D eigenvalue weighted by Gasteiger charge is -1.90. The van der Waals surface area contributed by atoms with E-state index in [0.717, 1.165) is 6.07 Å². The Hall–Kier alpha value is -1.29. The first kappa shape index (κ1) is 8.71. The number of aryl methyl sites for hydroxylation is 1. The fraction of sp³-hybridized carbons (Fsp3) is 0.167. The summed E-state index contributed by atoms with van der Waals surface area (Å²) in [6.45, 7) is 1.71. The number of aromatic hydroxyl groups is 1. The predicted molar refractivity (Wildman–Crippen MR) is 37.1 cm³/mol. The summed E-state index contributed by atoms with van der Waals surface area (Å²) >= 11 is 0. The molecule has 0 atom stereocenters. The molecule has 0 fully saturated rings. The highest BCUT2D eigenvalue weighted by Crippen LogP contribution is 2.02. The smallest absolute Gasteiger partial charge is 0.251 e. The van der Waals surface area contributed by atoms with Crippen LogP contribution in [-0.4, -0.2) is 15.6 Å². The molecule has 4 heteroatoms. The molecule has 0 aliphatic carbocycles. The predicted octanol–water partition coefficient (Wildman–Crippen LogP) is -0.436. The summed E-state index contributed by atoms with van der Waals surface area (Å²) in [5.41, 5.74) is 0.396. The van der Waals surface area contributed by atoms with Gasteiger partial charge in [0.1, 0.15) is 5.75 Å². The summed E-state index contributed by atoms with van der Waals surface area (Å²) < 4.78 is 0. The highest BCUT2D eigenvalue weighted by Gasteiger charge is 1.89. The lowest BCUT2D eigenvalue weighted by atomic mass is 10.4. The molecule has 0 aliphatic rings. The second-order valence-corrected chi connectivity index (χ2v) is 1.89. The Morgan fingerprint density at radius 1 is 1.50 bits per heavy atom. The van der Waals surface area contributed by atoms with Crippen molar-refractivity contribution in [2.24, 2.45) is 0 Å². The molecular weight excluding hydrogens is 134 g/mol. The minimum Gasteiger partial charge on any atom is -0.508 e. The van der Waals surface area contributed by atoms with Gasteiger partial charge in [0, 0.05) is 11.8 Å². The summed E-state index contributed by atoms with van der Waals surface area (Å²) in [6.07, 6.45) is 0. The van der Waals surface area contributed by atoms with E-state index in [9.17, 15) is 4.79 Å². The molecule has 4 nitrogen and oxygen atoms in total. The van der Waals surface area contributed by atoms with E-state index in [0.29, 0.717) is 5.69 Å². The Morgan fingerprint density at radius 3 is 2.50 bits per heavy atom. The van der Waals surface area contributed by atoms with Crippen molar-refractivity contribution in [1.29, 1.82) is 0 Å².